The van der Waals surface area contributed by atoms with E-state index in [1.54, 1.807) is 29.5 Å². The number of aryl methyl sites for hydroxylation is 1. The lowest BCUT2D eigenvalue weighted by Gasteiger charge is -2.16. The summed E-state index contributed by atoms with van der Waals surface area (Å²) in [6, 6.07) is 8.97. The van der Waals surface area contributed by atoms with E-state index in [1.165, 1.54) is 11.8 Å². The van der Waals surface area contributed by atoms with Crippen LogP contribution < -0.4 is 11.3 Å². The molecule has 1 heterocycles. The zero-order valence-electron chi connectivity index (χ0n) is 11.2. The molecule has 20 heavy (non-hydrogen) atoms. The second kappa shape index (κ2) is 6.49. The second-order valence-electron chi connectivity index (χ2n) is 4.73. The van der Waals surface area contributed by atoms with Crippen molar-refractivity contribution in [1.82, 2.24) is 5.43 Å². The van der Waals surface area contributed by atoms with Crippen molar-refractivity contribution in [2.75, 3.05) is 6.26 Å². The van der Waals surface area contributed by atoms with Gasteiger partial charge in [0, 0.05) is 12.3 Å². The van der Waals surface area contributed by atoms with Crippen LogP contribution in [0.4, 0.5) is 0 Å². The van der Waals surface area contributed by atoms with Crippen molar-refractivity contribution < 1.29 is 8.42 Å². The maximum atomic E-state index is 11.6. The van der Waals surface area contributed by atoms with Crippen LogP contribution in [-0.2, 0) is 16.3 Å². The minimum Gasteiger partial charge on any atom is -0.271 e. The molecule has 3 N–H and O–H groups in total. The molecule has 108 valence electrons. The van der Waals surface area contributed by atoms with E-state index < -0.39 is 9.84 Å². The average Bonchev–Trinajstić information content (AvgIpc) is 2.92. The molecule has 1 atom stereocenters. The van der Waals surface area contributed by atoms with Gasteiger partial charge >= 0.3 is 0 Å². The molecule has 6 heteroatoms. The molecule has 1 aromatic carbocycles. The predicted molar refractivity (Wildman–Crippen MR) is 82.3 cm³/mol. The summed E-state index contributed by atoms with van der Waals surface area (Å²) >= 11 is 1.67. The number of benzene rings is 1. The first kappa shape index (κ1) is 15.2. The van der Waals surface area contributed by atoms with Gasteiger partial charge in [-0.3, -0.25) is 11.3 Å². The molecular formula is C14H18N2O2S2. The normalized spacial score (nSPS) is 13.3. The Kier molecular flexibility index (Phi) is 4.93. The van der Waals surface area contributed by atoms with Gasteiger partial charge in [0.05, 0.1) is 4.90 Å². The number of hydrazine groups is 1. The number of nitrogens with two attached hydrogens (primary N) is 1. The second-order valence-corrected chi connectivity index (χ2v) is 7.53. The quantitative estimate of drug-likeness (QED) is 0.634. The highest BCUT2D eigenvalue weighted by molar-refractivity contribution is 7.90. The predicted octanol–water partition coefficient (Wildman–Crippen LogP) is 2.29. The highest BCUT2D eigenvalue weighted by atomic mass is 32.2. The average molecular weight is 310 g/mol. The van der Waals surface area contributed by atoms with E-state index in [1.807, 2.05) is 11.4 Å². The third kappa shape index (κ3) is 3.89. The zero-order chi connectivity index (χ0) is 14.6. The van der Waals surface area contributed by atoms with Crippen LogP contribution in [0.25, 0.3) is 0 Å². The standard InChI is InChI=1S/C14H18N2O2S2/c1-20(17,18)13-4-2-3-12(9-13)14(16-15)6-5-11-7-8-19-10-11/h2-4,7-10,14,16H,5-6,15H2,1H3. The lowest BCUT2D eigenvalue weighted by molar-refractivity contribution is 0.515. The highest BCUT2D eigenvalue weighted by Gasteiger charge is 2.13. The molecular weight excluding hydrogens is 292 g/mol. The minimum absolute atomic E-state index is 0.0587. The van der Waals surface area contributed by atoms with Gasteiger partial charge in [-0.1, -0.05) is 12.1 Å². The van der Waals surface area contributed by atoms with E-state index in [4.69, 9.17) is 5.84 Å². The molecule has 0 aliphatic carbocycles. The molecule has 0 saturated heterocycles. The van der Waals surface area contributed by atoms with E-state index >= 15 is 0 Å². The zero-order valence-corrected chi connectivity index (χ0v) is 12.9. The smallest absolute Gasteiger partial charge is 0.175 e. The summed E-state index contributed by atoms with van der Waals surface area (Å²) in [6.07, 6.45) is 2.93. The largest absolute Gasteiger partial charge is 0.271 e. The van der Waals surface area contributed by atoms with Crippen LogP contribution in [-0.4, -0.2) is 14.7 Å². The first-order valence-electron chi connectivity index (χ1n) is 6.28. The van der Waals surface area contributed by atoms with Crippen LogP contribution in [0.2, 0.25) is 0 Å². The fraction of sp³-hybridized carbons (Fsp3) is 0.286. The van der Waals surface area contributed by atoms with Gasteiger partial charge in [0.15, 0.2) is 9.84 Å². The molecule has 0 radical (unpaired) electrons. The van der Waals surface area contributed by atoms with Crippen molar-refractivity contribution in [3.63, 3.8) is 0 Å². The number of sulfone groups is 1. The molecule has 0 aliphatic heterocycles. The molecule has 4 nitrogen and oxygen atoms in total. The van der Waals surface area contributed by atoms with Crippen molar-refractivity contribution in [3.8, 4) is 0 Å². The lowest BCUT2D eigenvalue weighted by atomic mass is 10.0. The summed E-state index contributed by atoms with van der Waals surface area (Å²) in [4.78, 5) is 0.325. The van der Waals surface area contributed by atoms with Crippen molar-refractivity contribution in [3.05, 3.63) is 52.2 Å². The molecule has 2 aromatic rings. The maximum Gasteiger partial charge on any atom is 0.175 e. The maximum absolute atomic E-state index is 11.6. The fourth-order valence-electron chi connectivity index (χ4n) is 2.05. The van der Waals surface area contributed by atoms with E-state index in [2.05, 4.69) is 16.9 Å². The van der Waals surface area contributed by atoms with Crippen LogP contribution in [0.3, 0.4) is 0 Å². The van der Waals surface area contributed by atoms with Crippen LogP contribution >= 0.6 is 11.3 Å². The molecule has 1 aromatic heterocycles. The fourth-order valence-corrected chi connectivity index (χ4v) is 3.43. The topological polar surface area (TPSA) is 72.2 Å². The van der Waals surface area contributed by atoms with E-state index in [0.717, 1.165) is 18.4 Å². The van der Waals surface area contributed by atoms with Crippen molar-refractivity contribution >= 4 is 21.2 Å². The van der Waals surface area contributed by atoms with Crippen molar-refractivity contribution in [1.29, 1.82) is 0 Å². The van der Waals surface area contributed by atoms with E-state index in [0.29, 0.717) is 4.90 Å². The minimum atomic E-state index is -3.19. The van der Waals surface area contributed by atoms with Gasteiger partial charge in [-0.25, -0.2) is 8.42 Å². The Labute approximate surface area is 123 Å². The molecule has 0 aliphatic rings. The number of hydrogen-bond acceptors (Lipinski definition) is 5. The molecule has 0 fully saturated rings. The van der Waals surface area contributed by atoms with Crippen molar-refractivity contribution in [2.45, 2.75) is 23.8 Å². The summed E-state index contributed by atoms with van der Waals surface area (Å²) in [6.45, 7) is 0. The first-order valence-corrected chi connectivity index (χ1v) is 9.11. The number of thiophene rings is 1. The van der Waals surface area contributed by atoms with Crippen LogP contribution in [0.5, 0.6) is 0 Å². The van der Waals surface area contributed by atoms with Gasteiger partial charge in [0.1, 0.15) is 0 Å². The molecule has 0 amide bonds. The van der Waals surface area contributed by atoms with E-state index in [-0.39, 0.29) is 6.04 Å². The van der Waals surface area contributed by atoms with Gasteiger partial charge in [-0.15, -0.1) is 0 Å². The third-order valence-corrected chi connectivity index (χ3v) is 5.03. The molecule has 0 spiro atoms. The number of rotatable bonds is 6. The van der Waals surface area contributed by atoms with Gasteiger partial charge in [-0.05, 0) is 52.9 Å². The van der Waals surface area contributed by atoms with Gasteiger partial charge in [0.2, 0.25) is 0 Å². The third-order valence-electron chi connectivity index (χ3n) is 3.19. The van der Waals surface area contributed by atoms with Gasteiger partial charge < -0.3 is 0 Å². The number of nitrogens with one attached hydrogen (secondary N) is 1. The first-order chi connectivity index (χ1) is 9.50. The Hall–Kier alpha value is -1.21. The molecule has 1 unspecified atom stereocenters. The summed E-state index contributed by atoms with van der Waals surface area (Å²) in [7, 11) is -3.19. The Morgan fingerprint density at radius 3 is 2.75 bits per heavy atom. The highest BCUT2D eigenvalue weighted by Crippen LogP contribution is 2.22. The molecule has 0 bridgehead atoms. The molecule has 2 rings (SSSR count). The number of hydrogen-bond donors (Lipinski definition) is 2. The summed E-state index contributed by atoms with van der Waals surface area (Å²) in [5.41, 5.74) is 4.93. The van der Waals surface area contributed by atoms with Crippen LogP contribution in [0.1, 0.15) is 23.6 Å². The molecule has 0 saturated carbocycles. The SMILES string of the molecule is CS(=O)(=O)c1cccc(C(CCc2ccsc2)NN)c1. The summed E-state index contributed by atoms with van der Waals surface area (Å²) < 4.78 is 23.2. The van der Waals surface area contributed by atoms with Crippen LogP contribution in [0, 0.1) is 0 Å². The Bertz CT molecular complexity index is 652. The summed E-state index contributed by atoms with van der Waals surface area (Å²) in [5.74, 6) is 5.61. The lowest BCUT2D eigenvalue weighted by Crippen LogP contribution is -2.28. The van der Waals surface area contributed by atoms with E-state index in [9.17, 15) is 8.42 Å². The summed E-state index contributed by atoms with van der Waals surface area (Å²) in [5, 5.41) is 4.16. The van der Waals surface area contributed by atoms with Gasteiger partial charge in [-0.2, -0.15) is 11.3 Å². The Balaban J connectivity index is 2.15. The van der Waals surface area contributed by atoms with Crippen molar-refractivity contribution in [2.24, 2.45) is 5.84 Å². The van der Waals surface area contributed by atoms with Crippen LogP contribution in [0.15, 0.2) is 46.0 Å². The Morgan fingerprint density at radius 2 is 2.15 bits per heavy atom. The Morgan fingerprint density at radius 1 is 1.35 bits per heavy atom. The monoisotopic (exact) mass is 310 g/mol. The van der Waals surface area contributed by atoms with Gasteiger partial charge in [0.25, 0.3) is 0 Å².